The second kappa shape index (κ2) is 6.50. The van der Waals surface area contributed by atoms with Crippen LogP contribution in [0.25, 0.3) is 0 Å². The molecule has 0 unspecified atom stereocenters. The Morgan fingerprint density at radius 2 is 1.79 bits per heavy atom. The predicted molar refractivity (Wildman–Crippen MR) is 67.0 cm³/mol. The van der Waals surface area contributed by atoms with Gasteiger partial charge in [-0.25, -0.2) is 4.79 Å². The van der Waals surface area contributed by atoms with Gasteiger partial charge in [0.05, 0.1) is 6.42 Å². The third-order valence-electron chi connectivity index (χ3n) is 2.46. The molecule has 0 radical (unpaired) electrons. The van der Waals surface area contributed by atoms with E-state index in [-0.39, 0.29) is 5.56 Å². The Kier molecular flexibility index (Phi) is 5.01. The molecule has 0 fully saturated rings. The van der Waals surface area contributed by atoms with Gasteiger partial charge in [-0.1, -0.05) is 12.1 Å². The van der Waals surface area contributed by atoms with E-state index in [2.05, 4.69) is 5.32 Å². The molecule has 6 N–H and O–H groups in total. The van der Waals surface area contributed by atoms with Crippen molar-refractivity contribution in [2.45, 2.75) is 19.0 Å². The van der Waals surface area contributed by atoms with Crippen molar-refractivity contribution in [3.63, 3.8) is 0 Å². The highest BCUT2D eigenvalue weighted by Crippen LogP contribution is 2.04. The number of nitrogens with one attached hydrogen (secondary N) is 1. The Hall–Kier alpha value is -2.41. The first-order valence-electron chi connectivity index (χ1n) is 5.55. The number of hydrogen-bond acceptors (Lipinski definition) is 4. The van der Waals surface area contributed by atoms with Crippen LogP contribution in [0.2, 0.25) is 0 Å². The molecule has 0 saturated carbocycles. The normalized spacial score (nSPS) is 11.6. The van der Waals surface area contributed by atoms with Crippen LogP contribution < -0.4 is 16.8 Å². The van der Waals surface area contributed by atoms with Gasteiger partial charge in [0.2, 0.25) is 5.91 Å². The molecule has 0 saturated heterocycles. The van der Waals surface area contributed by atoms with Crippen molar-refractivity contribution in [2.24, 2.45) is 11.5 Å². The van der Waals surface area contributed by atoms with Crippen LogP contribution >= 0.6 is 0 Å². The molecular weight excluding hydrogens is 250 g/mol. The van der Waals surface area contributed by atoms with E-state index in [1.54, 1.807) is 12.1 Å². The van der Waals surface area contributed by atoms with Gasteiger partial charge < -0.3 is 21.9 Å². The van der Waals surface area contributed by atoms with Gasteiger partial charge in [-0.2, -0.15) is 0 Å². The summed E-state index contributed by atoms with van der Waals surface area (Å²) in [4.78, 5) is 33.4. The maximum atomic E-state index is 11.8. The second-order valence-electron chi connectivity index (χ2n) is 3.94. The maximum absolute atomic E-state index is 11.8. The lowest BCUT2D eigenvalue weighted by atomic mass is 10.1. The number of carboxylic acids is 1. The molecule has 0 aromatic heterocycles. The van der Waals surface area contributed by atoms with Crippen molar-refractivity contribution < 1.29 is 19.5 Å². The lowest BCUT2D eigenvalue weighted by Crippen LogP contribution is -2.43. The zero-order valence-corrected chi connectivity index (χ0v) is 10.1. The summed E-state index contributed by atoms with van der Waals surface area (Å²) in [5.41, 5.74) is 11.5. The van der Waals surface area contributed by atoms with Crippen molar-refractivity contribution in [3.8, 4) is 0 Å². The highest BCUT2D eigenvalue weighted by atomic mass is 16.4. The number of carboxylic acid groups (broad SMARTS) is 1. The van der Waals surface area contributed by atoms with E-state index in [1.165, 1.54) is 12.1 Å². The van der Waals surface area contributed by atoms with Gasteiger partial charge in [0, 0.05) is 12.1 Å². The Morgan fingerprint density at radius 3 is 2.21 bits per heavy atom. The number of amides is 2. The van der Waals surface area contributed by atoms with Gasteiger partial charge in [-0.3, -0.25) is 9.59 Å². The molecule has 7 heteroatoms. The molecule has 0 aliphatic carbocycles. The molecule has 1 rings (SSSR count). The Morgan fingerprint density at radius 1 is 1.21 bits per heavy atom. The van der Waals surface area contributed by atoms with Gasteiger partial charge in [0.1, 0.15) is 6.04 Å². The minimum atomic E-state index is -1.33. The fourth-order valence-electron chi connectivity index (χ4n) is 1.44. The molecule has 2 amide bonds. The molecule has 0 bridgehead atoms. The molecule has 7 nitrogen and oxygen atoms in total. The summed E-state index contributed by atoms with van der Waals surface area (Å²) in [6, 6.07) is 5.05. The third kappa shape index (κ3) is 4.40. The van der Waals surface area contributed by atoms with Crippen LogP contribution in [-0.4, -0.2) is 28.9 Å². The summed E-state index contributed by atoms with van der Waals surface area (Å²) in [7, 11) is 0. The maximum Gasteiger partial charge on any atom is 0.326 e. The molecule has 1 aromatic carbocycles. The van der Waals surface area contributed by atoms with Gasteiger partial charge in [-0.05, 0) is 17.7 Å². The smallest absolute Gasteiger partial charge is 0.326 e. The first kappa shape index (κ1) is 14.7. The zero-order valence-electron chi connectivity index (χ0n) is 10.1. The second-order valence-corrected chi connectivity index (χ2v) is 3.94. The average Bonchev–Trinajstić information content (AvgIpc) is 2.37. The van der Waals surface area contributed by atoms with Crippen molar-refractivity contribution in [1.29, 1.82) is 0 Å². The molecule has 19 heavy (non-hydrogen) atoms. The summed E-state index contributed by atoms with van der Waals surface area (Å²) in [5, 5.41) is 11.1. The number of carbonyl (C=O) groups is 3. The molecule has 1 atom stereocenters. The van der Waals surface area contributed by atoms with Crippen LogP contribution in [0, 0.1) is 0 Å². The topological polar surface area (TPSA) is 136 Å². The van der Waals surface area contributed by atoms with Gasteiger partial charge in [-0.15, -0.1) is 0 Å². The van der Waals surface area contributed by atoms with Crippen LogP contribution in [0.4, 0.5) is 0 Å². The van der Waals surface area contributed by atoms with Gasteiger partial charge >= 0.3 is 5.97 Å². The average molecular weight is 265 g/mol. The molecule has 0 aliphatic rings. The number of benzene rings is 1. The van der Waals surface area contributed by atoms with Crippen LogP contribution in [0.15, 0.2) is 24.3 Å². The molecule has 0 heterocycles. The van der Waals surface area contributed by atoms with Crippen LogP contribution in [0.1, 0.15) is 22.3 Å². The van der Waals surface area contributed by atoms with Crippen LogP contribution in [0.5, 0.6) is 0 Å². The zero-order chi connectivity index (χ0) is 14.4. The molecule has 1 aromatic rings. The molecular formula is C12H15N3O4. The number of aliphatic carboxylic acids is 1. The van der Waals surface area contributed by atoms with E-state index in [0.717, 1.165) is 5.56 Å². The van der Waals surface area contributed by atoms with Gasteiger partial charge in [0.15, 0.2) is 0 Å². The minimum Gasteiger partial charge on any atom is -0.480 e. The fourth-order valence-corrected chi connectivity index (χ4v) is 1.44. The number of rotatable bonds is 6. The fraction of sp³-hybridized carbons (Fsp3) is 0.250. The highest BCUT2D eigenvalue weighted by molar-refractivity contribution is 5.97. The molecule has 0 aliphatic heterocycles. The van der Waals surface area contributed by atoms with E-state index in [4.69, 9.17) is 16.6 Å². The first-order valence-corrected chi connectivity index (χ1v) is 5.55. The van der Waals surface area contributed by atoms with E-state index < -0.39 is 30.2 Å². The summed E-state index contributed by atoms with van der Waals surface area (Å²) in [6.45, 7) is 0.349. The summed E-state index contributed by atoms with van der Waals surface area (Å²) >= 11 is 0. The molecule has 0 spiro atoms. The third-order valence-corrected chi connectivity index (χ3v) is 2.46. The lowest BCUT2D eigenvalue weighted by Gasteiger charge is -2.12. The highest BCUT2D eigenvalue weighted by Gasteiger charge is 2.22. The van der Waals surface area contributed by atoms with Crippen molar-refractivity contribution in [1.82, 2.24) is 5.32 Å². The summed E-state index contributed by atoms with van der Waals surface area (Å²) in [6.07, 6.45) is -0.456. The van der Waals surface area contributed by atoms with Crippen molar-refractivity contribution in [2.75, 3.05) is 0 Å². The molecule has 102 valence electrons. The predicted octanol–water partition coefficient (Wildman–Crippen LogP) is -0.796. The standard InChI is InChI=1S/C12H15N3O4/c13-6-7-1-3-8(4-2-7)11(17)15-9(12(18)19)5-10(14)16/h1-4,9H,5-6,13H2,(H2,14,16)(H,15,17)(H,18,19)/t9-/m0/s1. The first-order chi connectivity index (χ1) is 8.93. The monoisotopic (exact) mass is 265 g/mol. The van der Waals surface area contributed by atoms with E-state index in [9.17, 15) is 14.4 Å². The number of hydrogen-bond donors (Lipinski definition) is 4. The minimum absolute atomic E-state index is 0.285. The van der Waals surface area contributed by atoms with E-state index in [0.29, 0.717) is 6.54 Å². The summed E-state index contributed by atoms with van der Waals surface area (Å²) < 4.78 is 0. The van der Waals surface area contributed by atoms with Crippen LogP contribution in [-0.2, 0) is 16.1 Å². The van der Waals surface area contributed by atoms with Crippen molar-refractivity contribution >= 4 is 17.8 Å². The van der Waals surface area contributed by atoms with Crippen molar-refractivity contribution in [3.05, 3.63) is 35.4 Å². The summed E-state index contributed by atoms with van der Waals surface area (Å²) in [5.74, 6) is -2.70. The van der Waals surface area contributed by atoms with Gasteiger partial charge in [0.25, 0.3) is 5.91 Å². The number of carbonyl (C=O) groups excluding carboxylic acids is 2. The number of primary amides is 1. The Bertz CT molecular complexity index is 484. The van der Waals surface area contributed by atoms with Crippen LogP contribution in [0.3, 0.4) is 0 Å². The largest absolute Gasteiger partial charge is 0.480 e. The van der Waals surface area contributed by atoms with E-state index in [1.807, 2.05) is 0 Å². The quantitative estimate of drug-likeness (QED) is 0.534. The van der Waals surface area contributed by atoms with E-state index >= 15 is 0 Å². The Labute approximate surface area is 109 Å². The lowest BCUT2D eigenvalue weighted by molar-refractivity contribution is -0.140. The SMILES string of the molecule is NCc1ccc(C(=O)N[C@@H](CC(N)=O)C(=O)O)cc1. The number of nitrogens with two attached hydrogens (primary N) is 2. The Balaban J connectivity index is 2.75.